The van der Waals surface area contributed by atoms with E-state index in [0.717, 1.165) is 11.1 Å². The second kappa shape index (κ2) is 9.40. The van der Waals surface area contributed by atoms with Crippen molar-refractivity contribution in [2.75, 3.05) is 6.61 Å². The molecule has 0 fully saturated rings. The van der Waals surface area contributed by atoms with Gasteiger partial charge < -0.3 is 9.47 Å². The Morgan fingerprint density at radius 1 is 0.929 bits per heavy atom. The van der Waals surface area contributed by atoms with Gasteiger partial charge in [-0.25, -0.2) is 4.79 Å². The second-order valence-electron chi connectivity index (χ2n) is 5.77. The number of rotatable bonds is 6. The van der Waals surface area contributed by atoms with Crippen LogP contribution in [0, 0.1) is 0 Å². The van der Waals surface area contributed by atoms with E-state index >= 15 is 0 Å². The smallest absolute Gasteiger partial charge is 0.343 e. The highest BCUT2D eigenvalue weighted by Gasteiger charge is 2.14. The van der Waals surface area contributed by atoms with Crippen LogP contribution in [0.5, 0.6) is 11.5 Å². The van der Waals surface area contributed by atoms with Gasteiger partial charge >= 0.3 is 5.97 Å². The third kappa shape index (κ3) is 5.12. The Labute approximate surface area is 173 Å². The van der Waals surface area contributed by atoms with Crippen LogP contribution in [0.2, 0.25) is 10.0 Å². The van der Waals surface area contributed by atoms with Gasteiger partial charge in [-0.3, -0.25) is 4.98 Å². The minimum absolute atomic E-state index is 0.290. The Hall–Kier alpha value is -2.82. The predicted octanol–water partition coefficient (Wildman–Crippen LogP) is 6.18. The zero-order valence-electron chi connectivity index (χ0n) is 15.1. The summed E-state index contributed by atoms with van der Waals surface area (Å²) >= 11 is 11.9. The Bertz CT molecular complexity index is 1000. The summed E-state index contributed by atoms with van der Waals surface area (Å²) in [6, 6.07) is 13.8. The van der Waals surface area contributed by atoms with Crippen LogP contribution in [0.4, 0.5) is 0 Å². The van der Waals surface area contributed by atoms with Crippen molar-refractivity contribution in [1.29, 1.82) is 0 Å². The molecule has 28 heavy (non-hydrogen) atoms. The molecule has 6 heteroatoms. The van der Waals surface area contributed by atoms with E-state index in [1.54, 1.807) is 30.6 Å². The molecule has 0 aliphatic rings. The van der Waals surface area contributed by atoms with Gasteiger partial charge in [-0.2, -0.15) is 0 Å². The van der Waals surface area contributed by atoms with E-state index in [1.165, 1.54) is 6.07 Å². The van der Waals surface area contributed by atoms with Gasteiger partial charge in [0, 0.05) is 12.4 Å². The number of hydrogen-bond donors (Lipinski definition) is 0. The highest BCUT2D eigenvalue weighted by molar-refractivity contribution is 6.42. The summed E-state index contributed by atoms with van der Waals surface area (Å²) in [6.07, 6.45) is 7.38. The molecule has 0 unspecified atom stereocenters. The molecule has 1 heterocycles. The molecule has 0 radical (unpaired) electrons. The van der Waals surface area contributed by atoms with E-state index in [4.69, 9.17) is 32.7 Å². The third-order valence-electron chi connectivity index (χ3n) is 3.80. The first-order valence-corrected chi connectivity index (χ1v) is 9.34. The maximum atomic E-state index is 12.4. The normalized spacial score (nSPS) is 10.8. The molecule has 0 amide bonds. The van der Waals surface area contributed by atoms with E-state index in [1.807, 2.05) is 43.3 Å². The number of nitrogens with zero attached hydrogens (tertiary/aromatic N) is 1. The van der Waals surface area contributed by atoms with E-state index < -0.39 is 5.97 Å². The van der Waals surface area contributed by atoms with Gasteiger partial charge in [0.2, 0.25) is 0 Å². The molecule has 0 saturated heterocycles. The lowest BCUT2D eigenvalue weighted by Crippen LogP contribution is -2.09. The number of hydrogen-bond acceptors (Lipinski definition) is 4. The summed E-state index contributed by atoms with van der Waals surface area (Å²) in [4.78, 5) is 16.4. The number of ether oxygens (including phenoxy) is 2. The summed E-state index contributed by atoms with van der Waals surface area (Å²) in [7, 11) is 0. The summed E-state index contributed by atoms with van der Waals surface area (Å²) in [5.74, 6) is 0.270. The molecule has 3 rings (SSSR count). The van der Waals surface area contributed by atoms with Crippen LogP contribution in [-0.2, 0) is 0 Å². The lowest BCUT2D eigenvalue weighted by Gasteiger charge is -2.12. The van der Waals surface area contributed by atoms with Crippen LogP contribution in [-0.4, -0.2) is 17.6 Å². The van der Waals surface area contributed by atoms with Crippen molar-refractivity contribution in [2.24, 2.45) is 0 Å². The van der Waals surface area contributed by atoms with Gasteiger partial charge in [0.15, 0.2) is 11.5 Å². The number of pyridine rings is 1. The minimum Gasteiger partial charge on any atom is -0.490 e. The highest BCUT2D eigenvalue weighted by Crippen LogP contribution is 2.31. The van der Waals surface area contributed by atoms with Crippen molar-refractivity contribution >= 4 is 41.3 Å². The molecule has 0 atom stereocenters. The van der Waals surface area contributed by atoms with E-state index in [0.29, 0.717) is 28.7 Å². The first kappa shape index (κ1) is 19.9. The topological polar surface area (TPSA) is 48.4 Å². The van der Waals surface area contributed by atoms with Crippen LogP contribution in [0.1, 0.15) is 28.4 Å². The second-order valence-corrected chi connectivity index (χ2v) is 6.59. The van der Waals surface area contributed by atoms with Crippen LogP contribution in [0.25, 0.3) is 12.2 Å². The van der Waals surface area contributed by atoms with Crippen LogP contribution in [0.3, 0.4) is 0 Å². The monoisotopic (exact) mass is 413 g/mol. The zero-order valence-corrected chi connectivity index (χ0v) is 16.6. The van der Waals surface area contributed by atoms with Gasteiger partial charge in [0.05, 0.1) is 22.2 Å². The molecule has 0 N–H and O–H groups in total. The van der Waals surface area contributed by atoms with Gasteiger partial charge in [0.25, 0.3) is 0 Å². The van der Waals surface area contributed by atoms with E-state index in [9.17, 15) is 4.79 Å². The molecular weight excluding hydrogens is 397 g/mol. The number of benzene rings is 2. The summed E-state index contributed by atoms with van der Waals surface area (Å²) in [5, 5.41) is 0.663. The fraction of sp³-hybridized carbons (Fsp3) is 0.0909. The zero-order chi connectivity index (χ0) is 19.9. The molecule has 142 valence electrons. The molecule has 0 spiro atoms. The number of esters is 1. The average Bonchev–Trinajstić information content (AvgIpc) is 2.71. The molecule has 3 aromatic rings. The first-order chi connectivity index (χ1) is 13.6. The average molecular weight is 414 g/mol. The number of carbonyl (C=O) groups is 1. The maximum Gasteiger partial charge on any atom is 0.343 e. The Morgan fingerprint density at radius 3 is 2.39 bits per heavy atom. The standard InChI is InChI=1S/C22H17Cl2NO3/c1-2-27-21-13-16(4-3-15-9-11-25-12-10-15)5-8-20(21)28-22(26)17-6-7-18(23)19(24)14-17/h3-14H,2H2,1H3/b4-3+. The minimum atomic E-state index is -0.542. The van der Waals surface area contributed by atoms with Crippen molar-refractivity contribution in [3.63, 3.8) is 0 Å². The van der Waals surface area contributed by atoms with Crippen molar-refractivity contribution in [1.82, 2.24) is 4.98 Å². The Balaban J connectivity index is 1.81. The number of carbonyl (C=O) groups excluding carboxylic acids is 1. The molecule has 0 aliphatic heterocycles. The number of aromatic nitrogens is 1. The highest BCUT2D eigenvalue weighted by atomic mass is 35.5. The molecule has 0 saturated carbocycles. The van der Waals surface area contributed by atoms with Crippen molar-refractivity contribution in [2.45, 2.75) is 6.92 Å². The molecule has 1 aromatic heterocycles. The van der Waals surface area contributed by atoms with Gasteiger partial charge in [0.1, 0.15) is 0 Å². The quantitative estimate of drug-likeness (QED) is 0.357. The molecular formula is C22H17Cl2NO3. The molecule has 0 aliphatic carbocycles. The molecule has 4 nitrogen and oxygen atoms in total. The van der Waals surface area contributed by atoms with Gasteiger partial charge in [-0.1, -0.05) is 41.4 Å². The fourth-order valence-corrected chi connectivity index (χ4v) is 2.73. The molecule has 2 aromatic carbocycles. The Morgan fingerprint density at radius 2 is 1.68 bits per heavy atom. The maximum absolute atomic E-state index is 12.4. The van der Waals surface area contributed by atoms with Crippen molar-refractivity contribution < 1.29 is 14.3 Å². The predicted molar refractivity (Wildman–Crippen MR) is 112 cm³/mol. The van der Waals surface area contributed by atoms with E-state index in [2.05, 4.69) is 4.98 Å². The Kier molecular flexibility index (Phi) is 6.69. The third-order valence-corrected chi connectivity index (χ3v) is 4.54. The fourth-order valence-electron chi connectivity index (χ4n) is 2.43. The van der Waals surface area contributed by atoms with Crippen LogP contribution in [0.15, 0.2) is 60.9 Å². The summed E-state index contributed by atoms with van der Waals surface area (Å²) in [5.41, 5.74) is 2.25. The first-order valence-electron chi connectivity index (χ1n) is 8.59. The van der Waals surface area contributed by atoms with Gasteiger partial charge in [-0.15, -0.1) is 0 Å². The largest absolute Gasteiger partial charge is 0.490 e. The molecule has 0 bridgehead atoms. The van der Waals surface area contributed by atoms with Crippen LogP contribution < -0.4 is 9.47 Å². The lowest BCUT2D eigenvalue weighted by atomic mass is 10.1. The summed E-state index contributed by atoms with van der Waals surface area (Å²) < 4.78 is 11.1. The van der Waals surface area contributed by atoms with E-state index in [-0.39, 0.29) is 5.02 Å². The van der Waals surface area contributed by atoms with Crippen molar-refractivity contribution in [3.05, 3.63) is 87.7 Å². The van der Waals surface area contributed by atoms with Crippen LogP contribution >= 0.6 is 23.2 Å². The van der Waals surface area contributed by atoms with Crippen molar-refractivity contribution in [3.8, 4) is 11.5 Å². The number of halogens is 2. The van der Waals surface area contributed by atoms with Gasteiger partial charge in [-0.05, 0) is 60.5 Å². The lowest BCUT2D eigenvalue weighted by molar-refractivity contribution is 0.0728. The summed E-state index contributed by atoms with van der Waals surface area (Å²) in [6.45, 7) is 2.30. The SMILES string of the molecule is CCOc1cc(/C=C/c2ccncc2)ccc1OC(=O)c1ccc(Cl)c(Cl)c1.